The molecule has 0 aliphatic carbocycles. The zero-order valence-corrected chi connectivity index (χ0v) is 13.2. The Hall–Kier alpha value is -2.60. The second-order valence-corrected chi connectivity index (χ2v) is 6.33. The third-order valence-electron chi connectivity index (χ3n) is 2.84. The number of anilines is 1. The molecule has 0 aliphatic heterocycles. The molecule has 0 fully saturated rings. The predicted octanol–water partition coefficient (Wildman–Crippen LogP) is 3.86. The molecule has 0 spiro atoms. The van der Waals surface area contributed by atoms with Crippen molar-refractivity contribution in [2.45, 2.75) is 27.2 Å². The topological polar surface area (TPSA) is 42.0 Å². The van der Waals surface area contributed by atoms with Crippen molar-refractivity contribution in [1.29, 1.82) is 0 Å². The Bertz CT molecular complexity index is 703. The Balaban J connectivity index is 2.08. The number of nitrogens with one attached hydrogen (secondary N) is 1. The second-order valence-electron chi connectivity index (χ2n) is 6.33. The average molecular weight is 292 g/mol. The summed E-state index contributed by atoms with van der Waals surface area (Å²) >= 11 is 0. The van der Waals surface area contributed by atoms with E-state index < -0.39 is 0 Å². The summed E-state index contributed by atoms with van der Waals surface area (Å²) in [6, 6.07) is 13.2. The lowest BCUT2D eigenvalue weighted by molar-refractivity contribution is -0.117. The SMILES string of the molecule is CC(C)(C)CC(=O)Nc1cccc(C#Cc2ccccn2)c1. The van der Waals surface area contributed by atoms with Crippen molar-refractivity contribution in [3.63, 3.8) is 0 Å². The number of amides is 1. The van der Waals surface area contributed by atoms with Crippen LogP contribution in [0, 0.1) is 17.3 Å². The first-order valence-electron chi connectivity index (χ1n) is 7.25. The maximum atomic E-state index is 12.0. The smallest absolute Gasteiger partial charge is 0.224 e. The van der Waals surface area contributed by atoms with Crippen molar-refractivity contribution in [2.75, 3.05) is 5.32 Å². The van der Waals surface area contributed by atoms with E-state index in [1.165, 1.54) is 0 Å². The van der Waals surface area contributed by atoms with Gasteiger partial charge in [0.2, 0.25) is 5.91 Å². The minimum absolute atomic E-state index is 0.0161. The molecule has 0 unspecified atom stereocenters. The van der Waals surface area contributed by atoms with Gasteiger partial charge in [0.25, 0.3) is 0 Å². The molecule has 1 aromatic carbocycles. The lowest BCUT2D eigenvalue weighted by atomic mass is 9.92. The molecule has 1 amide bonds. The summed E-state index contributed by atoms with van der Waals surface area (Å²) < 4.78 is 0. The van der Waals surface area contributed by atoms with Crippen LogP contribution in [0.5, 0.6) is 0 Å². The fourth-order valence-corrected chi connectivity index (χ4v) is 1.93. The maximum absolute atomic E-state index is 12.0. The van der Waals surface area contributed by atoms with E-state index in [0.29, 0.717) is 6.42 Å². The number of pyridine rings is 1. The quantitative estimate of drug-likeness (QED) is 0.854. The van der Waals surface area contributed by atoms with Crippen LogP contribution in [0.25, 0.3) is 0 Å². The number of hydrogen-bond acceptors (Lipinski definition) is 2. The number of aromatic nitrogens is 1. The van der Waals surface area contributed by atoms with Crippen molar-refractivity contribution < 1.29 is 4.79 Å². The van der Waals surface area contributed by atoms with Crippen LogP contribution in [0.4, 0.5) is 5.69 Å². The fourth-order valence-electron chi connectivity index (χ4n) is 1.93. The zero-order valence-electron chi connectivity index (χ0n) is 13.2. The molecule has 0 saturated carbocycles. The minimum atomic E-state index is -0.0273. The fraction of sp³-hybridized carbons (Fsp3) is 0.263. The molecule has 0 atom stereocenters. The summed E-state index contributed by atoms with van der Waals surface area (Å²) in [6.45, 7) is 6.13. The highest BCUT2D eigenvalue weighted by atomic mass is 16.1. The van der Waals surface area contributed by atoms with Gasteiger partial charge < -0.3 is 5.32 Å². The van der Waals surface area contributed by atoms with Gasteiger partial charge in [-0.15, -0.1) is 0 Å². The minimum Gasteiger partial charge on any atom is -0.326 e. The summed E-state index contributed by atoms with van der Waals surface area (Å²) in [5.74, 6) is 6.08. The standard InChI is InChI=1S/C19H20N2O/c1-19(2,3)14-18(22)21-17-9-6-7-15(13-17)10-11-16-8-4-5-12-20-16/h4-9,12-13H,14H2,1-3H3,(H,21,22). The summed E-state index contributed by atoms with van der Waals surface area (Å²) in [5.41, 5.74) is 2.31. The maximum Gasteiger partial charge on any atom is 0.224 e. The van der Waals surface area contributed by atoms with Gasteiger partial charge in [0, 0.05) is 23.9 Å². The van der Waals surface area contributed by atoms with Crippen LogP contribution in [-0.2, 0) is 4.79 Å². The van der Waals surface area contributed by atoms with Gasteiger partial charge in [-0.05, 0) is 41.7 Å². The van der Waals surface area contributed by atoms with Gasteiger partial charge in [-0.3, -0.25) is 4.79 Å². The van der Waals surface area contributed by atoms with Gasteiger partial charge in [-0.2, -0.15) is 0 Å². The van der Waals surface area contributed by atoms with Gasteiger partial charge in [0.1, 0.15) is 5.69 Å². The molecular formula is C19H20N2O. The number of nitrogens with zero attached hydrogens (tertiary/aromatic N) is 1. The highest BCUT2D eigenvalue weighted by Gasteiger charge is 2.15. The number of rotatable bonds is 2. The van der Waals surface area contributed by atoms with Gasteiger partial charge in [-0.25, -0.2) is 4.98 Å². The van der Waals surface area contributed by atoms with E-state index in [2.05, 4.69) is 22.1 Å². The summed E-state index contributed by atoms with van der Waals surface area (Å²) in [5, 5.41) is 2.91. The van der Waals surface area contributed by atoms with Gasteiger partial charge in [0.15, 0.2) is 0 Å². The van der Waals surface area contributed by atoms with Crippen LogP contribution in [0.1, 0.15) is 38.4 Å². The van der Waals surface area contributed by atoms with Crippen LogP contribution < -0.4 is 5.32 Å². The molecule has 112 valence electrons. The van der Waals surface area contributed by atoms with E-state index in [1.807, 2.05) is 63.2 Å². The Morgan fingerprint density at radius 1 is 1.14 bits per heavy atom. The van der Waals surface area contributed by atoms with Crippen molar-refractivity contribution in [2.24, 2.45) is 5.41 Å². The third-order valence-corrected chi connectivity index (χ3v) is 2.84. The van der Waals surface area contributed by atoms with Gasteiger partial charge in [0.05, 0.1) is 0 Å². The average Bonchev–Trinajstić information content (AvgIpc) is 2.44. The molecule has 2 aromatic rings. The van der Waals surface area contributed by atoms with Crippen LogP contribution >= 0.6 is 0 Å². The molecule has 0 bridgehead atoms. The van der Waals surface area contributed by atoms with Crippen LogP contribution in [0.15, 0.2) is 48.7 Å². The molecule has 2 rings (SSSR count). The molecule has 3 heteroatoms. The third kappa shape index (κ3) is 5.41. The first-order chi connectivity index (χ1) is 10.4. The Morgan fingerprint density at radius 3 is 2.64 bits per heavy atom. The number of benzene rings is 1. The van der Waals surface area contributed by atoms with Gasteiger partial charge >= 0.3 is 0 Å². The molecule has 1 N–H and O–H groups in total. The molecular weight excluding hydrogens is 272 g/mol. The van der Waals surface area contributed by atoms with Crippen molar-refractivity contribution in [3.05, 3.63) is 59.9 Å². The molecule has 0 saturated heterocycles. The van der Waals surface area contributed by atoms with Gasteiger partial charge in [-0.1, -0.05) is 38.8 Å². The normalized spacial score (nSPS) is 10.5. The molecule has 22 heavy (non-hydrogen) atoms. The molecule has 0 radical (unpaired) electrons. The Labute approximate surface area is 131 Å². The van der Waals surface area contributed by atoms with E-state index in [4.69, 9.17) is 0 Å². The summed E-state index contributed by atoms with van der Waals surface area (Å²) in [7, 11) is 0. The molecule has 1 aromatic heterocycles. The van der Waals surface area contributed by atoms with E-state index >= 15 is 0 Å². The first kappa shape index (κ1) is 15.8. The van der Waals surface area contributed by atoms with E-state index in [0.717, 1.165) is 16.9 Å². The first-order valence-corrected chi connectivity index (χ1v) is 7.25. The molecule has 3 nitrogen and oxygen atoms in total. The highest BCUT2D eigenvalue weighted by Crippen LogP contribution is 2.19. The Kier molecular flexibility index (Phi) is 4.95. The van der Waals surface area contributed by atoms with E-state index in [-0.39, 0.29) is 11.3 Å². The number of carbonyl (C=O) groups is 1. The zero-order chi connectivity index (χ0) is 16.0. The van der Waals surface area contributed by atoms with E-state index in [9.17, 15) is 4.79 Å². The molecule has 0 aliphatic rings. The summed E-state index contributed by atoms with van der Waals surface area (Å²) in [4.78, 5) is 16.1. The number of carbonyl (C=O) groups excluding carboxylic acids is 1. The second kappa shape index (κ2) is 6.91. The van der Waals surface area contributed by atoms with E-state index in [1.54, 1.807) is 6.20 Å². The number of hydrogen-bond donors (Lipinski definition) is 1. The van der Waals surface area contributed by atoms with Crippen molar-refractivity contribution in [3.8, 4) is 11.8 Å². The lowest BCUT2D eigenvalue weighted by Crippen LogP contribution is -2.19. The van der Waals surface area contributed by atoms with Crippen LogP contribution in [0.3, 0.4) is 0 Å². The van der Waals surface area contributed by atoms with Crippen molar-refractivity contribution >= 4 is 11.6 Å². The largest absolute Gasteiger partial charge is 0.326 e. The molecule has 1 heterocycles. The monoisotopic (exact) mass is 292 g/mol. The predicted molar refractivity (Wildman–Crippen MR) is 89.4 cm³/mol. The highest BCUT2D eigenvalue weighted by molar-refractivity contribution is 5.91. The van der Waals surface area contributed by atoms with Crippen molar-refractivity contribution in [1.82, 2.24) is 4.98 Å². The van der Waals surface area contributed by atoms with Crippen LogP contribution in [-0.4, -0.2) is 10.9 Å². The lowest BCUT2D eigenvalue weighted by Gasteiger charge is -2.17. The Morgan fingerprint density at radius 2 is 1.95 bits per heavy atom. The summed E-state index contributed by atoms with van der Waals surface area (Å²) in [6.07, 6.45) is 2.20. The van der Waals surface area contributed by atoms with Crippen LogP contribution in [0.2, 0.25) is 0 Å².